The highest BCUT2D eigenvalue weighted by Crippen LogP contribution is 2.58. The number of hydrogen-bond acceptors (Lipinski definition) is 5. The molecule has 2 aliphatic carbocycles. The van der Waals surface area contributed by atoms with Gasteiger partial charge in [0.25, 0.3) is 11.5 Å². The molecule has 4 fully saturated rings. The first-order valence-corrected chi connectivity index (χ1v) is 11.9. The Morgan fingerprint density at radius 3 is 2.70 bits per heavy atom. The number of rotatable bonds is 7. The third kappa shape index (κ3) is 4.07. The highest BCUT2D eigenvalue weighted by molar-refractivity contribution is 6.06. The average Bonchev–Trinajstić information content (AvgIpc) is 3.47. The Kier molecular flexibility index (Phi) is 5.21. The summed E-state index contributed by atoms with van der Waals surface area (Å²) >= 11 is 0. The summed E-state index contributed by atoms with van der Waals surface area (Å²) in [6.45, 7) is -0.501. The van der Waals surface area contributed by atoms with Crippen LogP contribution in [0.5, 0.6) is 5.75 Å². The number of anilines is 1. The van der Waals surface area contributed by atoms with Crippen LogP contribution < -0.4 is 15.6 Å². The lowest BCUT2D eigenvalue weighted by Crippen LogP contribution is -2.45. The van der Waals surface area contributed by atoms with Gasteiger partial charge in [-0.25, -0.2) is 13.8 Å². The summed E-state index contributed by atoms with van der Waals surface area (Å²) in [5.41, 5.74) is -0.438. The summed E-state index contributed by atoms with van der Waals surface area (Å²) in [5.74, 6) is -3.75. The zero-order valence-corrected chi connectivity index (χ0v) is 19.8. The number of nitrogens with one attached hydrogen (secondary N) is 1. The van der Waals surface area contributed by atoms with E-state index < -0.39 is 23.9 Å². The van der Waals surface area contributed by atoms with Crippen molar-refractivity contribution in [1.82, 2.24) is 14.0 Å². The van der Waals surface area contributed by atoms with Crippen molar-refractivity contribution >= 4 is 17.2 Å². The second-order valence-electron chi connectivity index (χ2n) is 10.6. The van der Waals surface area contributed by atoms with Crippen LogP contribution >= 0.6 is 0 Å². The molecule has 0 unspecified atom stereocenters. The number of nitrogens with zero attached hydrogens (tertiary/aromatic N) is 3. The minimum absolute atomic E-state index is 0.00741. The molecule has 0 radical (unpaired) electrons. The van der Waals surface area contributed by atoms with Crippen molar-refractivity contribution in [3.8, 4) is 5.75 Å². The topological polar surface area (TPSA) is 86.9 Å². The quantitative estimate of drug-likeness (QED) is 0.467. The smallest absolute Gasteiger partial charge is 0.321 e. The van der Waals surface area contributed by atoms with E-state index in [2.05, 4.69) is 12.2 Å². The minimum Gasteiger partial charge on any atom is -0.492 e. The van der Waals surface area contributed by atoms with E-state index >= 15 is 0 Å². The van der Waals surface area contributed by atoms with E-state index in [4.69, 9.17) is 14.5 Å². The average molecular weight is 520 g/mol. The van der Waals surface area contributed by atoms with Gasteiger partial charge in [0, 0.05) is 48.8 Å². The van der Waals surface area contributed by atoms with Crippen LogP contribution in [0, 0.1) is 5.92 Å². The monoisotopic (exact) mass is 520 g/mol. The van der Waals surface area contributed by atoms with Crippen LogP contribution in [0.3, 0.4) is 0 Å². The van der Waals surface area contributed by atoms with E-state index in [-0.39, 0.29) is 57.9 Å². The first-order valence-electron chi connectivity index (χ1n) is 11.9. The van der Waals surface area contributed by atoms with Crippen LogP contribution in [0.25, 0.3) is 5.65 Å². The molecule has 3 aromatic rings. The van der Waals surface area contributed by atoms with E-state index in [1.807, 2.05) is 6.20 Å². The molecule has 37 heavy (non-hydrogen) atoms. The number of halogens is 4. The highest BCUT2D eigenvalue weighted by atomic mass is 19.3. The van der Waals surface area contributed by atoms with E-state index in [1.165, 1.54) is 18.3 Å². The molecule has 1 amide bonds. The largest absolute Gasteiger partial charge is 0.492 e. The number of aromatic nitrogens is 3. The molecule has 2 saturated carbocycles. The molecule has 196 valence electrons. The predicted octanol–water partition coefficient (Wildman–Crippen LogP) is 4.39. The van der Waals surface area contributed by atoms with Crippen molar-refractivity contribution in [2.75, 3.05) is 18.5 Å². The van der Waals surface area contributed by atoms with Crippen LogP contribution in [0.1, 0.15) is 55.2 Å². The lowest BCUT2D eigenvalue weighted by molar-refractivity contribution is -0.119. The summed E-state index contributed by atoms with van der Waals surface area (Å²) in [4.78, 5) is 30.3. The Labute approximate surface area is 208 Å². The maximum atomic E-state index is 13.3. The molecule has 5 heterocycles. The number of alkyl halides is 4. The highest BCUT2D eigenvalue weighted by Gasteiger charge is 2.61. The van der Waals surface area contributed by atoms with Crippen molar-refractivity contribution < 1.29 is 31.8 Å². The number of pyridine rings is 2. The number of fused-ring (bicyclic) bond motifs is 2. The zero-order valence-electron chi connectivity index (χ0n) is 19.8. The molecule has 12 heteroatoms. The van der Waals surface area contributed by atoms with E-state index in [0.29, 0.717) is 12.3 Å². The zero-order chi connectivity index (χ0) is 26.2. The number of imidazole rings is 1. The van der Waals surface area contributed by atoms with Gasteiger partial charge < -0.3 is 19.2 Å². The Bertz CT molecular complexity index is 1450. The Hall–Kier alpha value is -3.41. The van der Waals surface area contributed by atoms with Crippen LogP contribution in [0.2, 0.25) is 0 Å². The van der Waals surface area contributed by atoms with Crippen LogP contribution in [-0.4, -0.2) is 44.6 Å². The number of carbonyl (C=O) groups excluding carboxylic acids is 1. The fourth-order valence-electron chi connectivity index (χ4n) is 5.77. The molecular formula is C25H24F4N4O4. The van der Waals surface area contributed by atoms with Gasteiger partial charge in [0.15, 0.2) is 0 Å². The summed E-state index contributed by atoms with van der Waals surface area (Å²) in [7, 11) is 0. The first-order chi connectivity index (χ1) is 17.5. The Morgan fingerprint density at radius 2 is 2.05 bits per heavy atom. The lowest BCUT2D eigenvalue weighted by Gasteiger charge is -2.41. The lowest BCUT2D eigenvalue weighted by atomic mass is 9.62. The summed E-state index contributed by atoms with van der Waals surface area (Å²) < 4.78 is 66.4. The maximum absolute atomic E-state index is 13.3. The van der Waals surface area contributed by atoms with Gasteiger partial charge in [-0.1, -0.05) is 0 Å². The van der Waals surface area contributed by atoms with E-state index in [9.17, 15) is 27.2 Å². The van der Waals surface area contributed by atoms with Crippen molar-refractivity contribution in [3.63, 3.8) is 0 Å². The molecule has 1 N–H and O–H groups in total. The van der Waals surface area contributed by atoms with Gasteiger partial charge in [0.1, 0.15) is 17.1 Å². The Balaban J connectivity index is 1.32. The second-order valence-corrected chi connectivity index (χ2v) is 10.6. The number of hydrogen-bond donors (Lipinski definition) is 1. The van der Waals surface area contributed by atoms with Crippen LogP contribution in [0.15, 0.2) is 41.6 Å². The molecule has 2 bridgehead atoms. The number of amides is 1. The SMILES string of the molecule is CC12CC(c3cn4cc(C(=O)Nc5cccn(C(F)F)c5=O)c(OCC5CC(F)(F)C5)cc4n3)(CO1)C2. The van der Waals surface area contributed by atoms with Crippen LogP contribution in [-0.2, 0) is 10.2 Å². The maximum Gasteiger partial charge on any atom is 0.321 e. The molecule has 8 nitrogen and oxygen atoms in total. The predicted molar refractivity (Wildman–Crippen MR) is 124 cm³/mol. The van der Waals surface area contributed by atoms with Gasteiger partial charge in [-0.15, -0.1) is 0 Å². The number of carbonyl (C=O) groups is 1. The minimum atomic E-state index is -3.07. The first kappa shape index (κ1) is 24.0. The van der Waals surface area contributed by atoms with Crippen molar-refractivity contribution in [2.45, 2.75) is 56.1 Å². The third-order valence-corrected chi connectivity index (χ3v) is 7.55. The van der Waals surface area contributed by atoms with E-state index in [1.54, 1.807) is 10.5 Å². The van der Waals surface area contributed by atoms with Gasteiger partial charge in [0.05, 0.1) is 30.1 Å². The molecule has 0 spiro atoms. The summed E-state index contributed by atoms with van der Waals surface area (Å²) in [5, 5.41) is 2.38. The van der Waals surface area contributed by atoms with Gasteiger partial charge in [-0.3, -0.25) is 14.2 Å². The fourth-order valence-corrected chi connectivity index (χ4v) is 5.77. The van der Waals surface area contributed by atoms with Crippen molar-refractivity contribution in [3.05, 3.63) is 58.4 Å². The normalized spacial score (nSPS) is 26.2. The molecule has 2 saturated heterocycles. The van der Waals surface area contributed by atoms with Crippen molar-refractivity contribution in [1.29, 1.82) is 0 Å². The third-order valence-electron chi connectivity index (χ3n) is 7.55. The molecule has 0 atom stereocenters. The van der Waals surface area contributed by atoms with Crippen molar-refractivity contribution in [2.24, 2.45) is 5.92 Å². The fraction of sp³-hybridized carbons (Fsp3) is 0.480. The molecule has 4 aliphatic rings. The van der Waals surface area contributed by atoms with Gasteiger partial charge in [-0.2, -0.15) is 8.78 Å². The van der Waals surface area contributed by atoms with Crippen LogP contribution in [0.4, 0.5) is 23.2 Å². The van der Waals surface area contributed by atoms with Gasteiger partial charge in [0.2, 0.25) is 5.92 Å². The summed E-state index contributed by atoms with van der Waals surface area (Å²) in [6, 6.07) is 3.98. The molecule has 0 aromatic carbocycles. The molecule has 2 aliphatic heterocycles. The molecule has 7 rings (SSSR count). The second kappa shape index (κ2) is 8.04. The molecule has 3 aromatic heterocycles. The van der Waals surface area contributed by atoms with Gasteiger partial charge in [-0.05, 0) is 31.9 Å². The Morgan fingerprint density at radius 1 is 1.30 bits per heavy atom. The van der Waals surface area contributed by atoms with Gasteiger partial charge >= 0.3 is 6.55 Å². The summed E-state index contributed by atoms with van der Waals surface area (Å²) in [6.07, 6.45) is 5.27. The standard InChI is InChI=1S/C25H24F4N4O4/c1-23-11-24(12-23,13-37-23)18-9-32-8-15(20(34)30-16-3-2-4-33(21(16)35)22(26)27)17(5-19(32)31-18)36-10-14-6-25(28,29)7-14/h2-5,8-9,14,22H,6-7,10-13H2,1H3,(H,30,34). The van der Waals surface area contributed by atoms with E-state index in [0.717, 1.165) is 24.7 Å². The molecular weight excluding hydrogens is 496 g/mol. The number of ether oxygens (including phenoxy) is 2.